The van der Waals surface area contributed by atoms with Gasteiger partial charge in [-0.05, 0) is 31.0 Å². The standard InChI is InChI=1S/C29H31N3O6/c1-3-37-28(35)24(15-20-11-7-5-8-12-20)31-26(33)22-17-23(19-30-18-22)27(34)32-25(29(36)38-4-2)16-21-13-9-6-10-14-21/h5-14,17-19,24-25H,3-4,15-16H2,1-2H3,(H,31,33)(H,32,34)/t24-,25-/m0/s1. The minimum atomic E-state index is -0.929. The number of carbonyl (C=O) groups excluding carboxylic acids is 4. The molecule has 2 amide bonds. The Morgan fingerprint density at radius 3 is 1.45 bits per heavy atom. The summed E-state index contributed by atoms with van der Waals surface area (Å²) in [7, 11) is 0. The van der Waals surface area contributed by atoms with Crippen molar-refractivity contribution in [2.75, 3.05) is 13.2 Å². The molecular formula is C29H31N3O6. The molecule has 0 radical (unpaired) electrons. The highest BCUT2D eigenvalue weighted by atomic mass is 16.5. The van der Waals surface area contributed by atoms with Crippen LogP contribution in [0, 0.1) is 0 Å². The van der Waals surface area contributed by atoms with Crippen molar-refractivity contribution in [2.45, 2.75) is 38.8 Å². The van der Waals surface area contributed by atoms with Gasteiger partial charge in [-0.1, -0.05) is 60.7 Å². The number of nitrogens with one attached hydrogen (secondary N) is 2. The molecule has 2 N–H and O–H groups in total. The van der Waals surface area contributed by atoms with Crippen molar-refractivity contribution in [3.05, 3.63) is 101 Å². The SMILES string of the molecule is CCOC(=O)[C@H](Cc1ccccc1)NC(=O)c1cncc(C(=O)N[C@@H](Cc2ccccc2)C(=O)OCC)c1. The number of ether oxygens (including phenoxy) is 2. The maximum absolute atomic E-state index is 13.0. The third-order valence-corrected chi connectivity index (χ3v) is 5.58. The first kappa shape index (κ1) is 28.0. The van der Waals surface area contributed by atoms with Crippen LogP contribution >= 0.6 is 0 Å². The number of carbonyl (C=O) groups is 4. The monoisotopic (exact) mass is 517 g/mol. The van der Waals surface area contributed by atoms with E-state index in [1.165, 1.54) is 18.5 Å². The minimum absolute atomic E-state index is 0.0794. The van der Waals surface area contributed by atoms with E-state index in [-0.39, 0.29) is 37.2 Å². The molecule has 1 heterocycles. The highest BCUT2D eigenvalue weighted by Gasteiger charge is 2.26. The molecule has 1 aromatic heterocycles. The molecule has 0 saturated heterocycles. The van der Waals surface area contributed by atoms with E-state index in [1.54, 1.807) is 13.8 Å². The summed E-state index contributed by atoms with van der Waals surface area (Å²) in [5, 5.41) is 5.36. The predicted molar refractivity (Wildman–Crippen MR) is 140 cm³/mol. The van der Waals surface area contributed by atoms with Gasteiger partial charge < -0.3 is 20.1 Å². The van der Waals surface area contributed by atoms with Crippen LogP contribution in [0.5, 0.6) is 0 Å². The van der Waals surface area contributed by atoms with Gasteiger partial charge >= 0.3 is 11.9 Å². The van der Waals surface area contributed by atoms with Crippen LogP contribution in [-0.2, 0) is 31.9 Å². The zero-order valence-electron chi connectivity index (χ0n) is 21.4. The van der Waals surface area contributed by atoms with Gasteiger partial charge in [-0.15, -0.1) is 0 Å². The van der Waals surface area contributed by atoms with E-state index >= 15 is 0 Å². The molecule has 9 heteroatoms. The van der Waals surface area contributed by atoms with Crippen LogP contribution in [0.15, 0.2) is 79.1 Å². The second-order valence-corrected chi connectivity index (χ2v) is 8.40. The van der Waals surface area contributed by atoms with Crippen LogP contribution < -0.4 is 10.6 Å². The normalized spacial score (nSPS) is 12.1. The fourth-order valence-electron chi connectivity index (χ4n) is 3.74. The zero-order chi connectivity index (χ0) is 27.3. The van der Waals surface area contributed by atoms with Gasteiger partial charge in [0.2, 0.25) is 0 Å². The fraction of sp³-hybridized carbons (Fsp3) is 0.276. The van der Waals surface area contributed by atoms with Crippen LogP contribution in [0.3, 0.4) is 0 Å². The van der Waals surface area contributed by atoms with Gasteiger partial charge in [0, 0.05) is 25.2 Å². The van der Waals surface area contributed by atoms with E-state index in [1.807, 2.05) is 60.7 Å². The van der Waals surface area contributed by atoms with Crippen LogP contribution in [-0.4, -0.2) is 54.0 Å². The predicted octanol–water partition coefficient (Wildman–Crippen LogP) is 2.89. The van der Waals surface area contributed by atoms with E-state index in [2.05, 4.69) is 15.6 Å². The molecule has 198 valence electrons. The van der Waals surface area contributed by atoms with Crippen molar-refractivity contribution in [2.24, 2.45) is 0 Å². The lowest BCUT2D eigenvalue weighted by molar-refractivity contribution is -0.146. The third kappa shape index (κ3) is 8.26. The second kappa shape index (κ2) is 14.3. The number of esters is 2. The van der Waals surface area contributed by atoms with Gasteiger partial charge in [0.15, 0.2) is 0 Å². The van der Waals surface area contributed by atoms with E-state index in [0.29, 0.717) is 0 Å². The van der Waals surface area contributed by atoms with Crippen molar-refractivity contribution < 1.29 is 28.7 Å². The molecule has 0 aliphatic rings. The Balaban J connectivity index is 1.74. The molecule has 0 fully saturated rings. The topological polar surface area (TPSA) is 124 Å². The molecule has 2 atom stereocenters. The molecule has 2 aromatic carbocycles. The van der Waals surface area contributed by atoms with E-state index < -0.39 is 35.8 Å². The van der Waals surface area contributed by atoms with Crippen molar-refractivity contribution >= 4 is 23.8 Å². The lowest BCUT2D eigenvalue weighted by Gasteiger charge is -2.18. The Bertz CT molecular complexity index is 1140. The Morgan fingerprint density at radius 1 is 0.684 bits per heavy atom. The molecule has 0 spiro atoms. The number of pyridine rings is 1. The first-order valence-corrected chi connectivity index (χ1v) is 12.4. The highest BCUT2D eigenvalue weighted by Crippen LogP contribution is 2.10. The summed E-state index contributed by atoms with van der Waals surface area (Å²) in [6, 6.07) is 18.0. The number of aromatic nitrogens is 1. The first-order chi connectivity index (χ1) is 18.4. The Hall–Kier alpha value is -4.53. The summed E-state index contributed by atoms with van der Waals surface area (Å²) in [6.45, 7) is 3.71. The molecule has 0 unspecified atom stereocenters. The average Bonchev–Trinajstić information content (AvgIpc) is 2.93. The molecule has 0 bridgehead atoms. The molecule has 0 aliphatic heterocycles. The van der Waals surface area contributed by atoms with Gasteiger partial charge in [-0.2, -0.15) is 0 Å². The summed E-state index contributed by atoms with van der Waals surface area (Å²) in [5.41, 5.74) is 1.85. The number of hydrogen-bond donors (Lipinski definition) is 2. The zero-order valence-corrected chi connectivity index (χ0v) is 21.4. The van der Waals surface area contributed by atoms with E-state index in [9.17, 15) is 19.2 Å². The van der Waals surface area contributed by atoms with Crippen LogP contribution in [0.4, 0.5) is 0 Å². The number of amides is 2. The molecule has 0 saturated carbocycles. The summed E-state index contributed by atoms with van der Waals surface area (Å²) in [5.74, 6) is -2.31. The van der Waals surface area contributed by atoms with Crippen LogP contribution in [0.2, 0.25) is 0 Å². The second-order valence-electron chi connectivity index (χ2n) is 8.40. The number of rotatable bonds is 12. The molecule has 3 aromatic rings. The number of nitrogens with zero attached hydrogens (tertiary/aromatic N) is 1. The van der Waals surface area contributed by atoms with Gasteiger partial charge in [0.1, 0.15) is 12.1 Å². The molecular weight excluding hydrogens is 486 g/mol. The summed E-state index contributed by atoms with van der Waals surface area (Å²) >= 11 is 0. The Labute approximate surface area is 221 Å². The number of benzene rings is 2. The van der Waals surface area contributed by atoms with Crippen molar-refractivity contribution in [1.82, 2.24) is 15.6 Å². The lowest BCUT2D eigenvalue weighted by Crippen LogP contribution is -2.44. The maximum Gasteiger partial charge on any atom is 0.328 e. The smallest absolute Gasteiger partial charge is 0.328 e. The maximum atomic E-state index is 13.0. The van der Waals surface area contributed by atoms with Gasteiger partial charge in [0.25, 0.3) is 11.8 Å². The van der Waals surface area contributed by atoms with E-state index in [0.717, 1.165) is 11.1 Å². The van der Waals surface area contributed by atoms with Crippen LogP contribution in [0.1, 0.15) is 45.7 Å². The van der Waals surface area contributed by atoms with E-state index in [4.69, 9.17) is 9.47 Å². The quantitative estimate of drug-likeness (QED) is 0.354. The largest absolute Gasteiger partial charge is 0.464 e. The van der Waals surface area contributed by atoms with Gasteiger partial charge in [-0.3, -0.25) is 14.6 Å². The minimum Gasteiger partial charge on any atom is -0.464 e. The molecule has 38 heavy (non-hydrogen) atoms. The summed E-state index contributed by atoms with van der Waals surface area (Å²) in [6.07, 6.45) is 3.06. The average molecular weight is 518 g/mol. The molecule has 0 aliphatic carbocycles. The lowest BCUT2D eigenvalue weighted by atomic mass is 10.0. The number of hydrogen-bond acceptors (Lipinski definition) is 7. The van der Waals surface area contributed by atoms with Gasteiger partial charge in [0.05, 0.1) is 24.3 Å². The van der Waals surface area contributed by atoms with Crippen molar-refractivity contribution in [3.8, 4) is 0 Å². The highest BCUT2D eigenvalue weighted by molar-refractivity contribution is 6.01. The third-order valence-electron chi connectivity index (χ3n) is 5.58. The fourth-order valence-corrected chi connectivity index (χ4v) is 3.74. The van der Waals surface area contributed by atoms with Gasteiger partial charge in [-0.25, -0.2) is 9.59 Å². The Kier molecular flexibility index (Phi) is 10.5. The molecule has 9 nitrogen and oxygen atoms in total. The van der Waals surface area contributed by atoms with Crippen LogP contribution in [0.25, 0.3) is 0 Å². The Morgan fingerprint density at radius 2 is 1.08 bits per heavy atom. The first-order valence-electron chi connectivity index (χ1n) is 12.4. The summed E-state index contributed by atoms with van der Waals surface area (Å²) < 4.78 is 10.3. The molecule has 3 rings (SSSR count). The van der Waals surface area contributed by atoms with Crippen molar-refractivity contribution in [3.63, 3.8) is 0 Å². The summed E-state index contributed by atoms with van der Waals surface area (Å²) in [4.78, 5) is 55.1. The van der Waals surface area contributed by atoms with Crippen molar-refractivity contribution in [1.29, 1.82) is 0 Å².